The highest BCUT2D eigenvalue weighted by molar-refractivity contribution is 6.10. The van der Waals surface area contributed by atoms with Crippen molar-refractivity contribution in [2.75, 3.05) is 4.90 Å². The molecule has 9 aromatic carbocycles. The fourth-order valence-electron chi connectivity index (χ4n) is 7.78. The van der Waals surface area contributed by atoms with E-state index in [-0.39, 0.29) is 0 Å². The number of fused-ring (bicyclic) bond motifs is 4. The maximum absolute atomic E-state index is 6.47. The maximum Gasteiger partial charge on any atom is 0.143 e. The summed E-state index contributed by atoms with van der Waals surface area (Å²) in [5.41, 5.74) is 14.5. The van der Waals surface area contributed by atoms with Gasteiger partial charge in [0, 0.05) is 33.4 Å². The van der Waals surface area contributed by atoms with Crippen LogP contribution in [0.2, 0.25) is 0 Å². The lowest BCUT2D eigenvalue weighted by molar-refractivity contribution is 0.670. The molecule has 54 heavy (non-hydrogen) atoms. The maximum atomic E-state index is 6.47. The normalized spacial score (nSPS) is 11.3. The number of hydrogen-bond acceptors (Lipinski definition) is 2. The highest BCUT2D eigenvalue weighted by Crippen LogP contribution is 2.41. The predicted molar refractivity (Wildman–Crippen MR) is 228 cm³/mol. The van der Waals surface area contributed by atoms with Gasteiger partial charge < -0.3 is 9.32 Å². The summed E-state index contributed by atoms with van der Waals surface area (Å²) in [4.78, 5) is 2.35. The first-order chi connectivity index (χ1) is 26.8. The Bertz CT molecular complexity index is 2910. The number of para-hydroxylation sites is 1. The molecule has 10 rings (SSSR count). The average Bonchev–Trinajstić information content (AvgIpc) is 3.63. The van der Waals surface area contributed by atoms with Crippen molar-refractivity contribution >= 4 is 49.8 Å². The van der Waals surface area contributed by atoms with E-state index in [0.29, 0.717) is 0 Å². The van der Waals surface area contributed by atoms with Crippen LogP contribution in [0.15, 0.2) is 217 Å². The summed E-state index contributed by atoms with van der Waals surface area (Å²) >= 11 is 0. The van der Waals surface area contributed by atoms with Crippen LogP contribution in [0, 0.1) is 0 Å². The van der Waals surface area contributed by atoms with Crippen LogP contribution in [0.1, 0.15) is 0 Å². The number of nitrogens with zero attached hydrogens (tertiary/aromatic N) is 1. The molecule has 0 N–H and O–H groups in total. The number of rotatable bonds is 7. The van der Waals surface area contributed by atoms with Crippen molar-refractivity contribution in [3.05, 3.63) is 212 Å². The van der Waals surface area contributed by atoms with Crippen LogP contribution in [0.3, 0.4) is 0 Å². The number of anilines is 3. The third-order valence-corrected chi connectivity index (χ3v) is 10.5. The Hall–Kier alpha value is -7.16. The lowest BCUT2D eigenvalue weighted by Crippen LogP contribution is -2.09. The molecule has 0 atom stereocenters. The zero-order chi connectivity index (χ0) is 35.8. The predicted octanol–water partition coefficient (Wildman–Crippen LogP) is 14.9. The van der Waals surface area contributed by atoms with E-state index in [1.54, 1.807) is 0 Å². The minimum Gasteiger partial charge on any atom is -0.455 e. The van der Waals surface area contributed by atoms with Gasteiger partial charge in [0.1, 0.15) is 11.2 Å². The molecule has 0 aliphatic heterocycles. The van der Waals surface area contributed by atoms with Crippen molar-refractivity contribution in [3.8, 4) is 44.5 Å². The fraction of sp³-hybridized carbons (Fsp3) is 0. The molecule has 2 nitrogen and oxygen atoms in total. The van der Waals surface area contributed by atoms with Gasteiger partial charge >= 0.3 is 0 Å². The zero-order valence-electron chi connectivity index (χ0n) is 29.6. The molecular formula is C52H35NO. The van der Waals surface area contributed by atoms with E-state index in [0.717, 1.165) is 61.3 Å². The van der Waals surface area contributed by atoms with Crippen molar-refractivity contribution in [1.82, 2.24) is 0 Å². The van der Waals surface area contributed by atoms with Gasteiger partial charge in [-0.25, -0.2) is 0 Å². The largest absolute Gasteiger partial charge is 0.455 e. The quantitative estimate of drug-likeness (QED) is 0.166. The van der Waals surface area contributed by atoms with Gasteiger partial charge in [-0.2, -0.15) is 0 Å². The van der Waals surface area contributed by atoms with Gasteiger partial charge in [0.15, 0.2) is 0 Å². The lowest BCUT2D eigenvalue weighted by Gasteiger charge is -2.26. The molecule has 0 saturated carbocycles. The third kappa shape index (κ3) is 5.71. The first kappa shape index (κ1) is 31.6. The van der Waals surface area contributed by atoms with Crippen LogP contribution in [0.25, 0.3) is 77.2 Å². The molecule has 1 aromatic heterocycles. The summed E-state index contributed by atoms with van der Waals surface area (Å²) in [6.07, 6.45) is 0. The van der Waals surface area contributed by atoms with Gasteiger partial charge in [0.2, 0.25) is 0 Å². The summed E-state index contributed by atoms with van der Waals surface area (Å²) in [7, 11) is 0. The van der Waals surface area contributed by atoms with E-state index in [1.807, 2.05) is 6.07 Å². The molecule has 0 spiro atoms. The first-order valence-corrected chi connectivity index (χ1v) is 18.4. The molecule has 0 fully saturated rings. The molecule has 254 valence electrons. The molecule has 10 aromatic rings. The van der Waals surface area contributed by atoms with E-state index in [4.69, 9.17) is 4.42 Å². The van der Waals surface area contributed by atoms with Gasteiger partial charge in [-0.1, -0.05) is 164 Å². The first-order valence-electron chi connectivity index (χ1n) is 18.4. The summed E-state index contributed by atoms with van der Waals surface area (Å²) in [6.45, 7) is 0. The number of furan rings is 1. The summed E-state index contributed by atoms with van der Waals surface area (Å²) in [5.74, 6) is 0. The summed E-state index contributed by atoms with van der Waals surface area (Å²) in [5, 5.41) is 4.68. The second-order valence-corrected chi connectivity index (χ2v) is 13.7. The van der Waals surface area contributed by atoms with Crippen LogP contribution in [0.4, 0.5) is 17.1 Å². The van der Waals surface area contributed by atoms with Gasteiger partial charge in [0.25, 0.3) is 0 Å². The van der Waals surface area contributed by atoms with E-state index in [1.165, 1.54) is 33.0 Å². The molecular weight excluding hydrogens is 655 g/mol. The summed E-state index contributed by atoms with van der Waals surface area (Å²) < 4.78 is 6.47. The Morgan fingerprint density at radius 2 is 0.815 bits per heavy atom. The average molecular weight is 690 g/mol. The van der Waals surface area contributed by atoms with Crippen LogP contribution in [-0.4, -0.2) is 0 Å². The fourth-order valence-corrected chi connectivity index (χ4v) is 7.78. The standard InChI is InChI=1S/C52H35NO/c1-3-13-38(14-4-1)46-18-9-10-19-47(46)40-25-30-44(31-26-40)53(45-32-24-36-12-7-8-17-41(36)34-45)43-28-22-37(23-29-43)42-27-33-51-50(35-42)49-21-11-20-48(52(49)54-51)39-15-5-2-6-16-39/h1-35H. The molecule has 0 bridgehead atoms. The molecule has 0 aliphatic rings. The Morgan fingerprint density at radius 3 is 1.50 bits per heavy atom. The van der Waals surface area contributed by atoms with Crippen LogP contribution < -0.4 is 4.90 Å². The smallest absolute Gasteiger partial charge is 0.143 e. The SMILES string of the molecule is c1ccc(-c2ccccc2-c2ccc(N(c3ccc(-c4ccc5oc6c(-c7ccccc7)cccc6c5c4)cc3)c3ccc4ccccc4c3)cc2)cc1. The number of hydrogen-bond donors (Lipinski definition) is 0. The van der Waals surface area contributed by atoms with Crippen molar-refractivity contribution in [2.45, 2.75) is 0 Å². The molecule has 0 saturated heterocycles. The van der Waals surface area contributed by atoms with Crippen molar-refractivity contribution < 1.29 is 4.42 Å². The number of benzene rings is 9. The van der Waals surface area contributed by atoms with Crippen LogP contribution >= 0.6 is 0 Å². The van der Waals surface area contributed by atoms with Gasteiger partial charge in [-0.3, -0.25) is 0 Å². The second-order valence-electron chi connectivity index (χ2n) is 13.7. The Kier molecular flexibility index (Phi) is 7.85. The Balaban J connectivity index is 1.03. The zero-order valence-corrected chi connectivity index (χ0v) is 29.6. The second kappa shape index (κ2) is 13.4. The van der Waals surface area contributed by atoms with E-state index in [9.17, 15) is 0 Å². The van der Waals surface area contributed by atoms with Crippen molar-refractivity contribution in [1.29, 1.82) is 0 Å². The molecule has 2 heteroatoms. The van der Waals surface area contributed by atoms with Gasteiger partial charge in [-0.15, -0.1) is 0 Å². The molecule has 1 heterocycles. The lowest BCUT2D eigenvalue weighted by atomic mass is 9.94. The minimum atomic E-state index is 0.895. The molecule has 0 aliphatic carbocycles. The molecule has 0 radical (unpaired) electrons. The summed E-state index contributed by atoms with van der Waals surface area (Å²) in [6, 6.07) is 75.8. The highest BCUT2D eigenvalue weighted by atomic mass is 16.3. The Morgan fingerprint density at radius 1 is 0.296 bits per heavy atom. The van der Waals surface area contributed by atoms with Crippen molar-refractivity contribution in [2.24, 2.45) is 0 Å². The highest BCUT2D eigenvalue weighted by Gasteiger charge is 2.16. The monoisotopic (exact) mass is 689 g/mol. The van der Waals surface area contributed by atoms with E-state index in [2.05, 4.69) is 211 Å². The topological polar surface area (TPSA) is 16.4 Å². The van der Waals surface area contributed by atoms with Crippen molar-refractivity contribution in [3.63, 3.8) is 0 Å². The van der Waals surface area contributed by atoms with Crippen LogP contribution in [-0.2, 0) is 0 Å². The molecule has 0 amide bonds. The van der Waals surface area contributed by atoms with Gasteiger partial charge in [-0.05, 0) is 98.2 Å². The molecule has 0 unspecified atom stereocenters. The van der Waals surface area contributed by atoms with Gasteiger partial charge in [0.05, 0.1) is 0 Å². The van der Waals surface area contributed by atoms with E-state index < -0.39 is 0 Å². The van der Waals surface area contributed by atoms with E-state index >= 15 is 0 Å². The third-order valence-electron chi connectivity index (χ3n) is 10.5. The Labute approximate surface area is 314 Å². The van der Waals surface area contributed by atoms with Crippen LogP contribution in [0.5, 0.6) is 0 Å². The minimum absolute atomic E-state index is 0.895.